The van der Waals surface area contributed by atoms with Gasteiger partial charge in [0.2, 0.25) is 0 Å². The topological polar surface area (TPSA) is 74.8 Å². The number of benzene rings is 1. The molecule has 0 bridgehead atoms. The molecule has 0 aliphatic carbocycles. The molecule has 0 radical (unpaired) electrons. The lowest BCUT2D eigenvalue weighted by Crippen LogP contribution is -2.45. The van der Waals surface area contributed by atoms with Gasteiger partial charge in [-0.25, -0.2) is 0 Å². The smallest absolute Gasteiger partial charge is 0.251 e. The van der Waals surface area contributed by atoms with Crippen molar-refractivity contribution in [2.24, 2.45) is 4.99 Å². The number of carbonyl (C=O) groups excluding carboxylic acids is 1. The van der Waals surface area contributed by atoms with Gasteiger partial charge in [0, 0.05) is 39.4 Å². The fraction of sp³-hybridized carbons (Fsp3) is 0.529. The van der Waals surface area contributed by atoms with E-state index in [-0.39, 0.29) is 11.5 Å². The monoisotopic (exact) mass is 318 g/mol. The van der Waals surface area contributed by atoms with E-state index in [9.17, 15) is 4.79 Å². The first-order valence-corrected chi connectivity index (χ1v) is 7.96. The van der Waals surface area contributed by atoms with Crippen molar-refractivity contribution in [2.45, 2.75) is 31.9 Å². The van der Waals surface area contributed by atoms with E-state index in [1.54, 1.807) is 20.2 Å². The highest BCUT2D eigenvalue weighted by Gasteiger charge is 2.29. The summed E-state index contributed by atoms with van der Waals surface area (Å²) in [5.74, 6) is 0.646. The summed E-state index contributed by atoms with van der Waals surface area (Å²) in [6, 6.07) is 7.54. The summed E-state index contributed by atoms with van der Waals surface area (Å²) < 4.78 is 5.76. The molecule has 1 heterocycles. The van der Waals surface area contributed by atoms with Crippen molar-refractivity contribution in [3.05, 3.63) is 35.4 Å². The fourth-order valence-electron chi connectivity index (χ4n) is 2.62. The average molecular weight is 318 g/mol. The Morgan fingerprint density at radius 3 is 2.87 bits per heavy atom. The van der Waals surface area contributed by atoms with Gasteiger partial charge in [-0.2, -0.15) is 0 Å². The van der Waals surface area contributed by atoms with Crippen LogP contribution in [-0.4, -0.2) is 44.7 Å². The molecule has 1 aliphatic rings. The number of carbonyl (C=O) groups is 1. The molecular weight excluding hydrogens is 292 g/mol. The lowest BCUT2D eigenvalue weighted by molar-refractivity contribution is 0.0243. The molecule has 6 nitrogen and oxygen atoms in total. The minimum atomic E-state index is -0.114. The van der Waals surface area contributed by atoms with E-state index in [1.807, 2.05) is 18.2 Å². The molecular formula is C17H26N4O2. The molecule has 3 N–H and O–H groups in total. The molecule has 1 amide bonds. The molecule has 23 heavy (non-hydrogen) atoms. The van der Waals surface area contributed by atoms with Crippen molar-refractivity contribution >= 4 is 11.9 Å². The summed E-state index contributed by atoms with van der Waals surface area (Å²) in [4.78, 5) is 15.9. The summed E-state index contributed by atoms with van der Waals surface area (Å²) in [5, 5.41) is 9.20. The Balaban J connectivity index is 1.87. The fourth-order valence-corrected chi connectivity index (χ4v) is 2.62. The Labute approximate surface area is 137 Å². The van der Waals surface area contributed by atoms with Gasteiger partial charge in [-0.15, -0.1) is 0 Å². The van der Waals surface area contributed by atoms with Crippen molar-refractivity contribution in [1.82, 2.24) is 16.0 Å². The number of hydrogen-bond acceptors (Lipinski definition) is 3. The van der Waals surface area contributed by atoms with Crippen LogP contribution in [0.5, 0.6) is 0 Å². The van der Waals surface area contributed by atoms with E-state index in [2.05, 4.69) is 27.9 Å². The second-order valence-corrected chi connectivity index (χ2v) is 5.96. The van der Waals surface area contributed by atoms with E-state index in [4.69, 9.17) is 4.74 Å². The molecule has 1 unspecified atom stereocenters. The number of guanidine groups is 1. The summed E-state index contributed by atoms with van der Waals surface area (Å²) in [6.07, 6.45) is 2.17. The van der Waals surface area contributed by atoms with Crippen molar-refractivity contribution in [3.63, 3.8) is 0 Å². The van der Waals surface area contributed by atoms with Crippen LogP contribution >= 0.6 is 0 Å². The SMILES string of the molecule is CN=C(NCc1cccc(C(=O)NC)c1)NCC1(C)CCCO1. The molecule has 6 heteroatoms. The number of nitrogens with one attached hydrogen (secondary N) is 3. The summed E-state index contributed by atoms with van der Waals surface area (Å²) in [7, 11) is 3.37. The van der Waals surface area contributed by atoms with Crippen LogP contribution in [0, 0.1) is 0 Å². The number of ether oxygens (including phenoxy) is 1. The Morgan fingerprint density at radius 1 is 1.39 bits per heavy atom. The van der Waals surface area contributed by atoms with E-state index in [1.165, 1.54) is 0 Å². The minimum absolute atomic E-state index is 0.0827. The maximum atomic E-state index is 11.7. The summed E-state index contributed by atoms with van der Waals surface area (Å²) in [5.41, 5.74) is 1.57. The zero-order valence-electron chi connectivity index (χ0n) is 14.1. The number of rotatable bonds is 5. The normalized spacial score (nSPS) is 21.1. The molecule has 1 atom stereocenters. The van der Waals surface area contributed by atoms with E-state index in [0.717, 1.165) is 37.5 Å². The molecule has 0 spiro atoms. The molecule has 0 saturated carbocycles. The lowest BCUT2D eigenvalue weighted by Gasteiger charge is -2.24. The molecule has 1 aliphatic heterocycles. The Morgan fingerprint density at radius 2 is 2.22 bits per heavy atom. The van der Waals surface area contributed by atoms with Gasteiger partial charge < -0.3 is 20.7 Å². The van der Waals surface area contributed by atoms with Gasteiger partial charge in [0.25, 0.3) is 5.91 Å². The second kappa shape index (κ2) is 7.97. The number of amides is 1. The molecule has 0 aromatic heterocycles. The zero-order chi connectivity index (χ0) is 16.7. The van der Waals surface area contributed by atoms with Gasteiger partial charge in [-0.3, -0.25) is 9.79 Å². The van der Waals surface area contributed by atoms with Crippen LogP contribution in [0.15, 0.2) is 29.3 Å². The molecule has 1 aromatic carbocycles. The second-order valence-electron chi connectivity index (χ2n) is 5.96. The highest BCUT2D eigenvalue weighted by Crippen LogP contribution is 2.23. The quantitative estimate of drug-likeness (QED) is 0.565. The highest BCUT2D eigenvalue weighted by molar-refractivity contribution is 5.94. The van der Waals surface area contributed by atoms with Crippen molar-refractivity contribution in [3.8, 4) is 0 Å². The molecule has 1 aromatic rings. The standard InChI is InChI=1S/C17H26N4O2/c1-17(8-5-9-23-17)12-21-16(19-3)20-11-13-6-4-7-14(10-13)15(22)18-2/h4,6-7,10H,5,8-9,11-12H2,1-3H3,(H,18,22)(H2,19,20,21). The first-order chi connectivity index (χ1) is 11.1. The van der Waals surface area contributed by atoms with Gasteiger partial charge in [0.15, 0.2) is 5.96 Å². The van der Waals surface area contributed by atoms with Crippen LogP contribution in [0.3, 0.4) is 0 Å². The molecule has 126 valence electrons. The predicted molar refractivity (Wildman–Crippen MR) is 91.6 cm³/mol. The highest BCUT2D eigenvalue weighted by atomic mass is 16.5. The minimum Gasteiger partial charge on any atom is -0.373 e. The predicted octanol–water partition coefficient (Wildman–Crippen LogP) is 1.28. The molecule has 1 saturated heterocycles. The van der Waals surface area contributed by atoms with Crippen molar-refractivity contribution < 1.29 is 9.53 Å². The average Bonchev–Trinajstić information content (AvgIpc) is 3.01. The number of nitrogens with zero attached hydrogens (tertiary/aromatic N) is 1. The Bertz CT molecular complexity index is 565. The van der Waals surface area contributed by atoms with E-state index >= 15 is 0 Å². The number of aliphatic imine (C=N–C) groups is 1. The van der Waals surface area contributed by atoms with Gasteiger partial charge >= 0.3 is 0 Å². The Kier molecular flexibility index (Phi) is 5.98. The number of hydrogen-bond donors (Lipinski definition) is 3. The van der Waals surface area contributed by atoms with Crippen molar-refractivity contribution in [1.29, 1.82) is 0 Å². The van der Waals surface area contributed by atoms with Crippen LogP contribution in [0.1, 0.15) is 35.7 Å². The van der Waals surface area contributed by atoms with Gasteiger partial charge in [-0.05, 0) is 37.5 Å². The Hall–Kier alpha value is -2.08. The van der Waals surface area contributed by atoms with Crippen LogP contribution in [0.25, 0.3) is 0 Å². The van der Waals surface area contributed by atoms with Gasteiger partial charge in [0.05, 0.1) is 5.60 Å². The van der Waals surface area contributed by atoms with E-state index in [0.29, 0.717) is 12.1 Å². The summed E-state index contributed by atoms with van der Waals surface area (Å²) >= 11 is 0. The zero-order valence-corrected chi connectivity index (χ0v) is 14.1. The van der Waals surface area contributed by atoms with Crippen LogP contribution in [0.2, 0.25) is 0 Å². The van der Waals surface area contributed by atoms with Crippen molar-refractivity contribution in [2.75, 3.05) is 27.2 Å². The third kappa shape index (κ3) is 4.96. The first kappa shape index (κ1) is 17.3. The third-order valence-corrected chi connectivity index (χ3v) is 4.03. The molecule has 2 rings (SSSR count). The van der Waals surface area contributed by atoms with Gasteiger partial charge in [0.1, 0.15) is 0 Å². The largest absolute Gasteiger partial charge is 0.373 e. The maximum absolute atomic E-state index is 11.7. The maximum Gasteiger partial charge on any atom is 0.251 e. The van der Waals surface area contributed by atoms with Crippen LogP contribution in [-0.2, 0) is 11.3 Å². The van der Waals surface area contributed by atoms with Crippen LogP contribution < -0.4 is 16.0 Å². The molecule has 1 fully saturated rings. The van der Waals surface area contributed by atoms with E-state index < -0.39 is 0 Å². The summed E-state index contributed by atoms with van der Waals surface area (Å²) in [6.45, 7) is 4.27. The first-order valence-electron chi connectivity index (χ1n) is 7.96. The lowest BCUT2D eigenvalue weighted by atomic mass is 10.0. The van der Waals surface area contributed by atoms with Crippen LogP contribution in [0.4, 0.5) is 0 Å². The third-order valence-electron chi connectivity index (χ3n) is 4.03. The van der Waals surface area contributed by atoms with Gasteiger partial charge in [-0.1, -0.05) is 12.1 Å².